The van der Waals surface area contributed by atoms with E-state index in [-0.39, 0.29) is 24.6 Å². The molecule has 0 radical (unpaired) electrons. The fourth-order valence-electron chi connectivity index (χ4n) is 4.59. The van der Waals surface area contributed by atoms with Crippen LogP contribution in [0.3, 0.4) is 0 Å². The first-order valence-corrected chi connectivity index (χ1v) is 11.3. The number of benzene rings is 2. The summed E-state index contributed by atoms with van der Waals surface area (Å²) < 4.78 is 16.4. The Morgan fingerprint density at radius 1 is 1.06 bits per heavy atom. The van der Waals surface area contributed by atoms with Crippen molar-refractivity contribution in [1.29, 1.82) is 0 Å². The van der Waals surface area contributed by atoms with Crippen LogP contribution < -0.4 is 20.7 Å². The molecule has 1 aromatic heterocycles. The van der Waals surface area contributed by atoms with Gasteiger partial charge < -0.3 is 14.6 Å². The predicted octanol–water partition coefficient (Wildman–Crippen LogP) is 2.10. The van der Waals surface area contributed by atoms with Gasteiger partial charge in [-0.1, -0.05) is 42.5 Å². The van der Waals surface area contributed by atoms with E-state index in [1.165, 1.54) is 9.13 Å². The molecule has 1 N–H and O–H groups in total. The number of fused-ring (bicyclic) bond motifs is 1. The zero-order valence-electron chi connectivity index (χ0n) is 19.7. The molecule has 3 aromatic rings. The average Bonchev–Trinajstić information content (AvgIpc) is 2.85. The molecule has 178 valence electrons. The largest absolute Gasteiger partial charge is 0.493 e. The molecule has 0 bridgehead atoms. The number of aliphatic hydroxyl groups is 1. The van der Waals surface area contributed by atoms with Gasteiger partial charge in [-0.2, -0.15) is 4.57 Å². The van der Waals surface area contributed by atoms with Crippen LogP contribution in [-0.2, 0) is 26.4 Å². The van der Waals surface area contributed by atoms with Gasteiger partial charge in [0.15, 0.2) is 11.5 Å². The first-order valence-electron chi connectivity index (χ1n) is 11.3. The van der Waals surface area contributed by atoms with Crippen LogP contribution in [0.2, 0.25) is 0 Å². The Morgan fingerprint density at radius 2 is 1.74 bits per heavy atom. The van der Waals surface area contributed by atoms with Gasteiger partial charge >= 0.3 is 5.69 Å². The van der Waals surface area contributed by atoms with E-state index >= 15 is 0 Å². The molecule has 1 aliphatic rings. The van der Waals surface area contributed by atoms with Crippen molar-refractivity contribution in [2.24, 2.45) is 13.0 Å². The lowest BCUT2D eigenvalue weighted by molar-refractivity contribution is -0.427. The molecule has 1 atom stereocenters. The number of methoxy groups -OCH3 is 1. The van der Waals surface area contributed by atoms with Gasteiger partial charge in [0.2, 0.25) is 0 Å². The molecule has 8 nitrogen and oxygen atoms in total. The standard InChI is InChI=1S/C26H30N3O5/c1-27-23-20(24(31)29(14-9-15-30)26(32)28(23)2)17-19(16-18-10-5-4-6-11-18)25(27)34-22-13-8-7-12-21(22)33-3/h4-8,10-13,19,30H,9,14-17H2,1-3H3/q+1. The fourth-order valence-corrected chi connectivity index (χ4v) is 4.59. The van der Waals surface area contributed by atoms with E-state index in [0.717, 1.165) is 5.56 Å². The van der Waals surface area contributed by atoms with Crippen LogP contribution in [0.25, 0.3) is 0 Å². The Morgan fingerprint density at radius 3 is 2.41 bits per heavy atom. The summed E-state index contributed by atoms with van der Waals surface area (Å²) in [5.74, 6) is 2.18. The Labute approximate surface area is 197 Å². The second-order valence-electron chi connectivity index (χ2n) is 8.42. The first-order chi connectivity index (χ1) is 16.5. The normalized spacial score (nSPS) is 15.2. The molecule has 0 spiro atoms. The molecule has 0 saturated heterocycles. The highest BCUT2D eigenvalue weighted by Crippen LogP contribution is 2.31. The molecule has 2 heterocycles. The molecule has 2 aromatic carbocycles. The SMILES string of the molecule is COc1ccccc1OC1=[N+](C)c2c(c(=O)n(CCCO)c(=O)n2C)CC1Cc1ccccc1. The third-order valence-electron chi connectivity index (χ3n) is 6.21. The number of rotatable bonds is 7. The Bertz CT molecular complexity index is 1320. The maximum absolute atomic E-state index is 13.4. The van der Waals surface area contributed by atoms with Crippen LogP contribution in [0.5, 0.6) is 11.5 Å². The Hall–Kier alpha value is -3.65. The molecular weight excluding hydrogens is 434 g/mol. The summed E-state index contributed by atoms with van der Waals surface area (Å²) in [7, 11) is 5.06. The van der Waals surface area contributed by atoms with Gasteiger partial charge in [-0.3, -0.25) is 4.79 Å². The summed E-state index contributed by atoms with van der Waals surface area (Å²) in [6, 6.07) is 17.5. The highest BCUT2D eigenvalue weighted by molar-refractivity contribution is 5.80. The molecule has 0 amide bonds. The van der Waals surface area contributed by atoms with Gasteiger partial charge in [0.1, 0.15) is 5.56 Å². The van der Waals surface area contributed by atoms with Crippen LogP contribution in [0.15, 0.2) is 64.2 Å². The van der Waals surface area contributed by atoms with Gasteiger partial charge in [0, 0.05) is 13.2 Å². The van der Waals surface area contributed by atoms with E-state index in [9.17, 15) is 14.7 Å². The maximum Gasteiger partial charge on any atom is 0.418 e. The number of aliphatic hydroxyl groups excluding tert-OH is 1. The molecule has 0 saturated carbocycles. The van der Waals surface area contributed by atoms with Crippen molar-refractivity contribution in [1.82, 2.24) is 9.13 Å². The minimum Gasteiger partial charge on any atom is -0.493 e. The third-order valence-corrected chi connectivity index (χ3v) is 6.21. The van der Waals surface area contributed by atoms with Gasteiger partial charge in [-0.25, -0.2) is 13.9 Å². The van der Waals surface area contributed by atoms with Gasteiger partial charge in [0.25, 0.3) is 17.3 Å². The molecular formula is C26H30N3O5+. The molecule has 34 heavy (non-hydrogen) atoms. The lowest BCUT2D eigenvalue weighted by Gasteiger charge is -2.26. The Balaban J connectivity index is 1.88. The summed E-state index contributed by atoms with van der Waals surface area (Å²) in [5.41, 5.74) is 0.960. The lowest BCUT2D eigenvalue weighted by Crippen LogP contribution is -2.47. The Kier molecular flexibility index (Phi) is 6.98. The summed E-state index contributed by atoms with van der Waals surface area (Å²) in [5, 5.41) is 9.22. The number of hydrogen-bond acceptors (Lipinski definition) is 5. The molecule has 1 aliphatic heterocycles. The predicted molar refractivity (Wildman–Crippen MR) is 129 cm³/mol. The van der Waals surface area contributed by atoms with E-state index in [2.05, 4.69) is 12.1 Å². The number of nitrogens with zero attached hydrogens (tertiary/aromatic N) is 3. The minimum atomic E-state index is -0.415. The molecule has 0 aliphatic carbocycles. The maximum atomic E-state index is 13.4. The zero-order chi connectivity index (χ0) is 24.2. The van der Waals surface area contributed by atoms with E-state index < -0.39 is 5.69 Å². The molecule has 0 fully saturated rings. The van der Waals surface area contributed by atoms with Crippen molar-refractivity contribution >= 4 is 11.7 Å². The van der Waals surface area contributed by atoms with E-state index in [1.54, 1.807) is 18.7 Å². The van der Waals surface area contributed by atoms with Crippen molar-refractivity contribution in [2.45, 2.75) is 25.8 Å². The first kappa shape index (κ1) is 23.5. The van der Waals surface area contributed by atoms with E-state index in [4.69, 9.17) is 9.47 Å². The number of aromatic nitrogens is 2. The van der Waals surface area contributed by atoms with Crippen LogP contribution in [0, 0.1) is 5.92 Å². The van der Waals surface area contributed by atoms with Crippen LogP contribution in [0.1, 0.15) is 17.5 Å². The number of hydrogen-bond donors (Lipinski definition) is 1. The second-order valence-corrected chi connectivity index (χ2v) is 8.42. The van der Waals surface area contributed by atoms with Crippen molar-refractivity contribution in [3.8, 4) is 11.5 Å². The average molecular weight is 465 g/mol. The van der Waals surface area contributed by atoms with Crippen LogP contribution >= 0.6 is 0 Å². The smallest absolute Gasteiger partial charge is 0.418 e. The topological polar surface area (TPSA) is 85.7 Å². The monoisotopic (exact) mass is 464 g/mol. The molecule has 8 heteroatoms. The summed E-state index contributed by atoms with van der Waals surface area (Å²) in [6.45, 7) is 0.0878. The highest BCUT2D eigenvalue weighted by Gasteiger charge is 2.38. The number of para-hydroxylation sites is 2. The van der Waals surface area contributed by atoms with Crippen molar-refractivity contribution < 1.29 is 19.2 Å². The van der Waals surface area contributed by atoms with Gasteiger partial charge in [0.05, 0.1) is 27.1 Å². The summed E-state index contributed by atoms with van der Waals surface area (Å²) in [4.78, 5) is 26.4. The second kappa shape index (κ2) is 10.1. The zero-order valence-corrected chi connectivity index (χ0v) is 19.7. The van der Waals surface area contributed by atoms with Gasteiger partial charge in [-0.05, 0) is 37.0 Å². The van der Waals surface area contributed by atoms with Crippen LogP contribution in [0.4, 0.5) is 5.82 Å². The minimum absolute atomic E-state index is 0.0894. The fraction of sp³-hybridized carbons (Fsp3) is 0.346. The molecule has 4 rings (SSSR count). The molecule has 1 unspecified atom stereocenters. The summed E-state index contributed by atoms with van der Waals surface area (Å²) >= 11 is 0. The van der Waals surface area contributed by atoms with Gasteiger partial charge in [-0.15, -0.1) is 0 Å². The van der Waals surface area contributed by atoms with Crippen molar-refractivity contribution in [3.05, 3.63) is 86.6 Å². The lowest BCUT2D eigenvalue weighted by atomic mass is 9.90. The highest BCUT2D eigenvalue weighted by atomic mass is 16.5. The number of ether oxygens (including phenoxy) is 2. The van der Waals surface area contributed by atoms with E-state index in [0.29, 0.717) is 48.0 Å². The van der Waals surface area contributed by atoms with Crippen LogP contribution in [-0.4, -0.2) is 45.5 Å². The quantitative estimate of drug-likeness (QED) is 0.542. The van der Waals surface area contributed by atoms with E-state index in [1.807, 2.05) is 49.5 Å². The van der Waals surface area contributed by atoms with Crippen molar-refractivity contribution in [2.75, 3.05) is 20.8 Å². The van der Waals surface area contributed by atoms with Crippen molar-refractivity contribution in [3.63, 3.8) is 0 Å². The summed E-state index contributed by atoms with van der Waals surface area (Å²) in [6.07, 6.45) is 1.42. The third kappa shape index (κ3) is 4.41.